The highest BCUT2D eigenvalue weighted by Crippen LogP contribution is 2.33. The molecule has 1 aliphatic heterocycles. The highest BCUT2D eigenvalue weighted by molar-refractivity contribution is 6.00. The second-order valence-electron chi connectivity index (χ2n) is 10.7. The Morgan fingerprint density at radius 1 is 0.972 bits per heavy atom. The third-order valence-electron chi connectivity index (χ3n) is 8.26. The number of nitrogens with one attached hydrogen (secondary N) is 1. The maximum Gasteiger partial charge on any atom is 0.271 e. The smallest absolute Gasteiger partial charge is 0.271 e. The van der Waals surface area contributed by atoms with E-state index in [1.807, 2.05) is 42.2 Å². The van der Waals surface area contributed by atoms with Crippen molar-refractivity contribution in [3.05, 3.63) is 48.2 Å². The lowest BCUT2D eigenvalue weighted by Crippen LogP contribution is -2.65. The van der Waals surface area contributed by atoms with Crippen molar-refractivity contribution in [1.29, 1.82) is 0 Å². The van der Waals surface area contributed by atoms with Gasteiger partial charge in [0.1, 0.15) is 11.2 Å². The summed E-state index contributed by atoms with van der Waals surface area (Å²) in [4.78, 5) is 32.1. The Hall–Kier alpha value is -2.60. The fraction of sp³-hybridized carbons (Fsp3) is 0.600. The van der Waals surface area contributed by atoms with Crippen LogP contribution in [0.1, 0.15) is 82.6 Å². The number of nitrogens with zero attached hydrogens (tertiary/aromatic N) is 3. The molecule has 0 spiro atoms. The molecule has 2 aliphatic rings. The first-order valence-electron chi connectivity index (χ1n) is 14.1. The zero-order chi connectivity index (χ0) is 25.5. The number of rotatable bonds is 9. The lowest BCUT2D eigenvalue weighted by atomic mass is 9.91. The normalized spacial score (nSPS) is 21.2. The van der Waals surface area contributed by atoms with Gasteiger partial charge in [0.25, 0.3) is 5.91 Å². The van der Waals surface area contributed by atoms with Gasteiger partial charge in [-0.05, 0) is 63.5 Å². The van der Waals surface area contributed by atoms with Crippen LogP contribution in [0.2, 0.25) is 0 Å². The van der Waals surface area contributed by atoms with Crippen LogP contribution in [0.3, 0.4) is 0 Å². The monoisotopic (exact) mass is 492 g/mol. The zero-order valence-electron chi connectivity index (χ0n) is 22.5. The molecule has 0 bridgehead atoms. The lowest BCUT2D eigenvalue weighted by molar-refractivity contribution is -0.133. The maximum absolute atomic E-state index is 14.0. The Balaban J connectivity index is 1.62. The van der Waals surface area contributed by atoms with Gasteiger partial charge in [0.2, 0.25) is 5.91 Å². The van der Waals surface area contributed by atoms with Crippen LogP contribution in [0.5, 0.6) is 0 Å². The molecule has 2 amide bonds. The molecule has 36 heavy (non-hydrogen) atoms. The molecule has 0 saturated heterocycles. The van der Waals surface area contributed by atoms with Gasteiger partial charge in [-0.3, -0.25) is 9.59 Å². The maximum atomic E-state index is 14.0. The van der Waals surface area contributed by atoms with Crippen LogP contribution < -0.4 is 5.32 Å². The Labute approximate surface area is 217 Å². The number of fused-ring (bicyclic) bond motifs is 1. The number of carbonyl (C=O) groups is 2. The average molecular weight is 493 g/mol. The standard InChI is InChI=1S/C30H44N4O2/c1-4-32(5-2)21-14-22-34-28(35)27-20-19-26(24-15-10-9-11-16-24)33(27)23-30(34,3)29(36)31-25-17-12-7-6-8-13-18-25/h9-11,15-16,19-20,25H,4-8,12-14,17-18,21-23H2,1-3H3,(H,31,36). The van der Waals surface area contributed by atoms with Crippen LogP contribution >= 0.6 is 0 Å². The number of hydrogen-bond donors (Lipinski definition) is 1. The predicted octanol–water partition coefficient (Wildman–Crippen LogP) is 5.33. The van der Waals surface area contributed by atoms with E-state index >= 15 is 0 Å². The molecule has 0 radical (unpaired) electrons. The van der Waals surface area contributed by atoms with Crippen molar-refractivity contribution in [1.82, 2.24) is 19.7 Å². The summed E-state index contributed by atoms with van der Waals surface area (Å²) in [6.45, 7) is 10.3. The Morgan fingerprint density at radius 3 is 2.28 bits per heavy atom. The number of amides is 2. The van der Waals surface area contributed by atoms with Crippen molar-refractivity contribution < 1.29 is 9.59 Å². The third-order valence-corrected chi connectivity index (χ3v) is 8.26. The predicted molar refractivity (Wildman–Crippen MR) is 146 cm³/mol. The molecule has 6 heteroatoms. The van der Waals surface area contributed by atoms with Gasteiger partial charge in [0.05, 0.1) is 6.54 Å². The average Bonchev–Trinajstić information content (AvgIpc) is 3.29. The van der Waals surface area contributed by atoms with Gasteiger partial charge in [0, 0.05) is 18.3 Å². The van der Waals surface area contributed by atoms with Crippen molar-refractivity contribution in [2.45, 2.75) is 90.3 Å². The summed E-state index contributed by atoms with van der Waals surface area (Å²) in [7, 11) is 0. The highest BCUT2D eigenvalue weighted by Gasteiger charge is 2.47. The van der Waals surface area contributed by atoms with Crippen LogP contribution in [0.4, 0.5) is 0 Å². The van der Waals surface area contributed by atoms with E-state index in [0.717, 1.165) is 63.0 Å². The minimum atomic E-state index is -0.932. The molecule has 2 aromatic rings. The Morgan fingerprint density at radius 2 is 1.61 bits per heavy atom. The first-order chi connectivity index (χ1) is 17.5. The van der Waals surface area contributed by atoms with E-state index in [0.29, 0.717) is 18.8 Å². The van der Waals surface area contributed by atoms with Crippen LogP contribution in [0.25, 0.3) is 11.3 Å². The number of benzene rings is 1. The Kier molecular flexibility index (Phi) is 8.89. The van der Waals surface area contributed by atoms with Gasteiger partial charge in [0.15, 0.2) is 0 Å². The Bertz CT molecular complexity index is 1010. The fourth-order valence-electron chi connectivity index (χ4n) is 5.92. The number of aromatic nitrogens is 1. The van der Waals surface area contributed by atoms with Gasteiger partial charge in [-0.15, -0.1) is 0 Å². The van der Waals surface area contributed by atoms with Crippen molar-refractivity contribution in [3.63, 3.8) is 0 Å². The number of carbonyl (C=O) groups excluding carboxylic acids is 2. The first kappa shape index (κ1) is 26.5. The van der Waals surface area contributed by atoms with Gasteiger partial charge >= 0.3 is 0 Å². The molecule has 1 saturated carbocycles. The molecule has 196 valence electrons. The summed E-state index contributed by atoms with van der Waals surface area (Å²) in [6, 6.07) is 14.3. The molecule has 1 fully saturated rings. The molecule has 4 rings (SSSR count). The number of hydrogen-bond acceptors (Lipinski definition) is 3. The molecule has 1 atom stereocenters. The van der Waals surface area contributed by atoms with Crippen molar-refractivity contribution in [2.75, 3.05) is 26.2 Å². The molecular weight excluding hydrogens is 448 g/mol. The lowest BCUT2D eigenvalue weighted by Gasteiger charge is -2.45. The van der Waals surface area contributed by atoms with E-state index in [1.165, 1.54) is 19.3 Å². The third kappa shape index (κ3) is 5.69. The van der Waals surface area contributed by atoms with Gasteiger partial charge in [-0.2, -0.15) is 0 Å². The summed E-state index contributed by atoms with van der Waals surface area (Å²) < 4.78 is 2.07. The molecule has 1 aromatic heterocycles. The summed E-state index contributed by atoms with van der Waals surface area (Å²) in [5.41, 5.74) is 1.80. The first-order valence-corrected chi connectivity index (χ1v) is 14.1. The van der Waals surface area contributed by atoms with Crippen LogP contribution in [0, 0.1) is 0 Å². The minimum absolute atomic E-state index is 0.0115. The highest BCUT2D eigenvalue weighted by atomic mass is 16.2. The van der Waals surface area contributed by atoms with Crippen LogP contribution in [0.15, 0.2) is 42.5 Å². The SMILES string of the molecule is CCN(CC)CCCN1C(=O)c2ccc(-c3ccccc3)n2CC1(C)C(=O)NC1CCCCCCC1. The molecule has 1 aliphatic carbocycles. The van der Waals surface area contributed by atoms with E-state index in [1.54, 1.807) is 0 Å². The second-order valence-corrected chi connectivity index (χ2v) is 10.7. The van der Waals surface area contributed by atoms with Gasteiger partial charge < -0.3 is 19.7 Å². The van der Waals surface area contributed by atoms with E-state index < -0.39 is 5.54 Å². The molecular formula is C30H44N4O2. The van der Waals surface area contributed by atoms with Crippen molar-refractivity contribution >= 4 is 11.8 Å². The topological polar surface area (TPSA) is 57.6 Å². The van der Waals surface area contributed by atoms with Crippen molar-refractivity contribution in [3.8, 4) is 11.3 Å². The summed E-state index contributed by atoms with van der Waals surface area (Å²) in [6.07, 6.45) is 9.02. The van der Waals surface area contributed by atoms with Gasteiger partial charge in [-0.25, -0.2) is 0 Å². The minimum Gasteiger partial charge on any atom is -0.351 e. The summed E-state index contributed by atoms with van der Waals surface area (Å²) in [5.74, 6) is -0.0547. The molecule has 1 unspecified atom stereocenters. The molecule has 1 aromatic carbocycles. The summed E-state index contributed by atoms with van der Waals surface area (Å²) in [5, 5.41) is 3.39. The molecule has 6 nitrogen and oxygen atoms in total. The van der Waals surface area contributed by atoms with E-state index in [-0.39, 0.29) is 17.9 Å². The van der Waals surface area contributed by atoms with E-state index in [2.05, 4.69) is 40.8 Å². The second kappa shape index (κ2) is 12.1. The largest absolute Gasteiger partial charge is 0.351 e. The van der Waals surface area contributed by atoms with E-state index in [9.17, 15) is 9.59 Å². The molecule has 1 N–H and O–H groups in total. The zero-order valence-corrected chi connectivity index (χ0v) is 22.5. The van der Waals surface area contributed by atoms with Gasteiger partial charge in [-0.1, -0.05) is 76.3 Å². The van der Waals surface area contributed by atoms with Crippen LogP contribution in [-0.4, -0.2) is 63.9 Å². The quantitative estimate of drug-likeness (QED) is 0.515. The fourth-order valence-corrected chi connectivity index (χ4v) is 5.92. The summed E-state index contributed by atoms with van der Waals surface area (Å²) >= 11 is 0. The van der Waals surface area contributed by atoms with E-state index in [4.69, 9.17) is 0 Å². The van der Waals surface area contributed by atoms with Crippen LogP contribution in [-0.2, 0) is 11.3 Å². The molecule has 2 heterocycles. The van der Waals surface area contributed by atoms with Crippen molar-refractivity contribution in [2.24, 2.45) is 0 Å².